The predicted molar refractivity (Wildman–Crippen MR) is 110 cm³/mol. The van der Waals surface area contributed by atoms with E-state index in [2.05, 4.69) is 20.6 Å². The summed E-state index contributed by atoms with van der Waals surface area (Å²) in [4.78, 5) is 21.2. The third-order valence-electron chi connectivity index (χ3n) is 4.25. The molecule has 2 aromatic carbocycles. The number of benzene rings is 2. The lowest BCUT2D eigenvalue weighted by molar-refractivity contribution is 0.0949. The zero-order valence-corrected chi connectivity index (χ0v) is 16.3. The van der Waals surface area contributed by atoms with Crippen LogP contribution in [0.2, 0.25) is 0 Å². The molecule has 0 spiro atoms. The van der Waals surface area contributed by atoms with E-state index in [1.807, 2.05) is 62.4 Å². The molecule has 0 fully saturated rings. The monoisotopic (exact) mass is 376 g/mol. The maximum atomic E-state index is 12.5. The molecule has 2 N–H and O–H groups in total. The van der Waals surface area contributed by atoms with Crippen LogP contribution in [0.4, 0.5) is 11.6 Å². The summed E-state index contributed by atoms with van der Waals surface area (Å²) in [7, 11) is 1.64. The molecular formula is C22H24N4O2. The fourth-order valence-corrected chi connectivity index (χ4v) is 2.71. The lowest BCUT2D eigenvalue weighted by atomic mass is 10.1. The Morgan fingerprint density at radius 3 is 2.39 bits per heavy atom. The number of nitrogens with zero attached hydrogens (tertiary/aromatic N) is 2. The maximum absolute atomic E-state index is 12.5. The van der Waals surface area contributed by atoms with Crippen molar-refractivity contribution in [3.63, 3.8) is 0 Å². The number of nitrogens with one attached hydrogen (secondary N) is 2. The van der Waals surface area contributed by atoms with Crippen LogP contribution in [0.3, 0.4) is 0 Å². The summed E-state index contributed by atoms with van der Waals surface area (Å²) in [5.41, 5.74) is 4.25. The summed E-state index contributed by atoms with van der Waals surface area (Å²) in [5.74, 6) is 1.01. The van der Waals surface area contributed by atoms with Gasteiger partial charge < -0.3 is 15.4 Å². The number of aryl methyl sites for hydroxylation is 2. The number of methoxy groups -OCH3 is 1. The highest BCUT2D eigenvalue weighted by Gasteiger charge is 2.10. The van der Waals surface area contributed by atoms with Gasteiger partial charge in [0, 0.05) is 17.9 Å². The molecule has 0 radical (unpaired) electrons. The molecule has 0 aliphatic heterocycles. The highest BCUT2D eigenvalue weighted by atomic mass is 16.5. The Kier molecular flexibility index (Phi) is 6.22. The minimum absolute atomic E-state index is 0.217. The Morgan fingerprint density at radius 1 is 1.00 bits per heavy atom. The number of ether oxygens (including phenoxy) is 1. The second kappa shape index (κ2) is 8.99. The van der Waals surface area contributed by atoms with Crippen molar-refractivity contribution in [1.82, 2.24) is 15.3 Å². The van der Waals surface area contributed by atoms with Crippen LogP contribution in [-0.2, 0) is 6.42 Å². The second-order valence-corrected chi connectivity index (χ2v) is 6.56. The molecule has 6 nitrogen and oxygen atoms in total. The first-order chi connectivity index (χ1) is 13.5. The van der Waals surface area contributed by atoms with Gasteiger partial charge >= 0.3 is 0 Å². The molecule has 0 aliphatic carbocycles. The third kappa shape index (κ3) is 5.30. The molecule has 3 aromatic rings. The van der Waals surface area contributed by atoms with E-state index >= 15 is 0 Å². The number of hydrogen-bond donors (Lipinski definition) is 2. The van der Waals surface area contributed by atoms with Crippen molar-refractivity contribution >= 4 is 17.5 Å². The molecule has 6 heteroatoms. The van der Waals surface area contributed by atoms with Crippen LogP contribution in [-0.4, -0.2) is 29.5 Å². The van der Waals surface area contributed by atoms with Gasteiger partial charge in [0.2, 0.25) is 5.95 Å². The van der Waals surface area contributed by atoms with Crippen LogP contribution in [0.5, 0.6) is 5.75 Å². The zero-order valence-electron chi connectivity index (χ0n) is 16.3. The Bertz CT molecular complexity index is 938. The molecule has 1 amide bonds. The highest BCUT2D eigenvalue weighted by molar-refractivity contribution is 5.92. The van der Waals surface area contributed by atoms with Crippen molar-refractivity contribution < 1.29 is 9.53 Å². The minimum atomic E-state index is -0.217. The van der Waals surface area contributed by atoms with Gasteiger partial charge in [-0.05, 0) is 56.2 Å². The predicted octanol–water partition coefficient (Wildman–Crippen LogP) is 3.82. The van der Waals surface area contributed by atoms with E-state index in [1.165, 1.54) is 5.56 Å². The number of rotatable bonds is 7. The fourth-order valence-electron chi connectivity index (χ4n) is 2.71. The number of carbonyl (C=O) groups is 1. The number of anilines is 2. The Balaban J connectivity index is 1.60. The molecule has 144 valence electrons. The largest absolute Gasteiger partial charge is 0.497 e. The molecule has 0 bridgehead atoms. The van der Waals surface area contributed by atoms with Crippen molar-refractivity contribution in [3.05, 3.63) is 77.1 Å². The number of carbonyl (C=O) groups excluding carboxylic acids is 1. The Labute approximate surface area is 165 Å². The van der Waals surface area contributed by atoms with Crippen LogP contribution in [0.15, 0.2) is 54.6 Å². The van der Waals surface area contributed by atoms with Crippen molar-refractivity contribution in [2.24, 2.45) is 0 Å². The third-order valence-corrected chi connectivity index (χ3v) is 4.25. The molecule has 0 saturated carbocycles. The van der Waals surface area contributed by atoms with Gasteiger partial charge in [0.15, 0.2) is 0 Å². The topological polar surface area (TPSA) is 76.1 Å². The molecule has 1 heterocycles. The average molecular weight is 376 g/mol. The first-order valence-electron chi connectivity index (χ1n) is 9.14. The first-order valence-corrected chi connectivity index (χ1v) is 9.14. The van der Waals surface area contributed by atoms with Gasteiger partial charge in [-0.15, -0.1) is 0 Å². The van der Waals surface area contributed by atoms with Crippen LogP contribution in [0, 0.1) is 13.8 Å². The van der Waals surface area contributed by atoms with Crippen LogP contribution < -0.4 is 15.4 Å². The lowest BCUT2D eigenvalue weighted by Gasteiger charge is -2.09. The molecule has 28 heavy (non-hydrogen) atoms. The van der Waals surface area contributed by atoms with Crippen LogP contribution in [0.1, 0.15) is 27.3 Å². The van der Waals surface area contributed by atoms with E-state index in [4.69, 9.17) is 4.74 Å². The number of amides is 1. The number of hydrogen-bond acceptors (Lipinski definition) is 5. The van der Waals surface area contributed by atoms with Crippen molar-refractivity contribution in [3.8, 4) is 5.75 Å². The highest BCUT2D eigenvalue weighted by Crippen LogP contribution is 2.15. The normalized spacial score (nSPS) is 10.4. The van der Waals surface area contributed by atoms with E-state index in [0.717, 1.165) is 29.1 Å². The smallest absolute Gasteiger partial charge is 0.270 e. The molecule has 1 aromatic heterocycles. The van der Waals surface area contributed by atoms with Gasteiger partial charge in [-0.25, -0.2) is 9.97 Å². The van der Waals surface area contributed by atoms with Crippen molar-refractivity contribution in [1.29, 1.82) is 0 Å². The second-order valence-electron chi connectivity index (χ2n) is 6.56. The van der Waals surface area contributed by atoms with Crippen LogP contribution in [0.25, 0.3) is 0 Å². The number of aromatic nitrogens is 2. The molecular weight excluding hydrogens is 352 g/mol. The van der Waals surface area contributed by atoms with E-state index in [0.29, 0.717) is 18.2 Å². The summed E-state index contributed by atoms with van der Waals surface area (Å²) in [5, 5.41) is 6.06. The maximum Gasteiger partial charge on any atom is 0.270 e. The molecule has 0 atom stereocenters. The summed E-state index contributed by atoms with van der Waals surface area (Å²) >= 11 is 0. The zero-order chi connectivity index (χ0) is 19.9. The van der Waals surface area contributed by atoms with Gasteiger partial charge in [-0.2, -0.15) is 0 Å². The summed E-state index contributed by atoms with van der Waals surface area (Å²) in [6.07, 6.45) is 0.730. The molecule has 0 unspecified atom stereocenters. The van der Waals surface area contributed by atoms with E-state index in [9.17, 15) is 4.79 Å². The van der Waals surface area contributed by atoms with Gasteiger partial charge in [0.1, 0.15) is 11.4 Å². The summed E-state index contributed by atoms with van der Waals surface area (Å²) < 4.78 is 5.15. The van der Waals surface area contributed by atoms with Gasteiger partial charge in [-0.1, -0.05) is 29.8 Å². The standard InChI is InChI=1S/C22H24N4O2/c1-15-4-8-18(9-5-15)25-22-24-16(2)14-20(26-22)21(27)23-13-12-17-6-10-19(28-3)11-7-17/h4-11,14H,12-13H2,1-3H3,(H,23,27)(H,24,25,26). The van der Waals surface area contributed by atoms with Gasteiger partial charge in [-0.3, -0.25) is 4.79 Å². The van der Waals surface area contributed by atoms with E-state index in [1.54, 1.807) is 13.2 Å². The van der Waals surface area contributed by atoms with Gasteiger partial charge in [0.05, 0.1) is 7.11 Å². The van der Waals surface area contributed by atoms with Crippen molar-refractivity contribution in [2.75, 3.05) is 19.0 Å². The van der Waals surface area contributed by atoms with Gasteiger partial charge in [0.25, 0.3) is 5.91 Å². The van der Waals surface area contributed by atoms with Crippen LogP contribution >= 0.6 is 0 Å². The lowest BCUT2D eigenvalue weighted by Crippen LogP contribution is -2.27. The quantitative estimate of drug-likeness (QED) is 0.656. The first kappa shape index (κ1) is 19.4. The summed E-state index contributed by atoms with van der Waals surface area (Å²) in [6, 6.07) is 17.4. The average Bonchev–Trinajstić information content (AvgIpc) is 2.70. The van der Waals surface area contributed by atoms with Crippen molar-refractivity contribution in [2.45, 2.75) is 20.3 Å². The molecule has 0 saturated heterocycles. The minimum Gasteiger partial charge on any atom is -0.497 e. The summed E-state index contributed by atoms with van der Waals surface area (Å²) in [6.45, 7) is 4.40. The SMILES string of the molecule is COc1ccc(CCNC(=O)c2cc(C)nc(Nc3ccc(C)cc3)n2)cc1. The molecule has 0 aliphatic rings. The molecule has 3 rings (SSSR count). The Morgan fingerprint density at radius 2 is 1.71 bits per heavy atom. The Hall–Kier alpha value is -3.41. The van der Waals surface area contributed by atoms with E-state index in [-0.39, 0.29) is 5.91 Å². The van der Waals surface area contributed by atoms with E-state index < -0.39 is 0 Å². The fraction of sp³-hybridized carbons (Fsp3) is 0.227.